The molecule has 0 aliphatic rings. The van der Waals surface area contributed by atoms with Gasteiger partial charge in [0.2, 0.25) is 0 Å². The summed E-state index contributed by atoms with van der Waals surface area (Å²) in [6.07, 6.45) is 0. The summed E-state index contributed by atoms with van der Waals surface area (Å²) in [5, 5.41) is 12.4. The molecule has 102 valence electrons. The van der Waals surface area contributed by atoms with Crippen LogP contribution in [0.2, 0.25) is 0 Å². The fraction of sp³-hybridized carbons (Fsp3) is 0.538. The zero-order valence-corrected chi connectivity index (χ0v) is 11.4. The number of methoxy groups -OCH3 is 2. The van der Waals surface area contributed by atoms with Crippen LogP contribution in [0.5, 0.6) is 11.5 Å². The monoisotopic (exact) mass is 254 g/mol. The molecule has 5 nitrogen and oxygen atoms in total. The van der Waals surface area contributed by atoms with Crippen LogP contribution in [0.15, 0.2) is 12.1 Å². The van der Waals surface area contributed by atoms with E-state index < -0.39 is 0 Å². The first-order chi connectivity index (χ1) is 8.43. The van der Waals surface area contributed by atoms with Gasteiger partial charge >= 0.3 is 0 Å². The standard InChI is InChI=1S/C13H22N2O3/c1-13(2,8-16)7-15-10-6-12(18-4)11(17-3)5-9(10)14/h5-6,15-16H,7-8,14H2,1-4H3. The van der Waals surface area contributed by atoms with E-state index in [4.69, 9.17) is 15.2 Å². The number of nitrogen functional groups attached to an aromatic ring is 1. The van der Waals surface area contributed by atoms with E-state index in [-0.39, 0.29) is 12.0 Å². The normalized spacial score (nSPS) is 11.2. The van der Waals surface area contributed by atoms with Crippen molar-refractivity contribution in [1.29, 1.82) is 0 Å². The lowest BCUT2D eigenvalue weighted by Crippen LogP contribution is -2.27. The number of nitrogens with one attached hydrogen (secondary N) is 1. The maximum absolute atomic E-state index is 9.21. The fourth-order valence-electron chi connectivity index (χ4n) is 1.44. The van der Waals surface area contributed by atoms with Crippen molar-refractivity contribution in [3.8, 4) is 11.5 Å². The van der Waals surface area contributed by atoms with Crippen LogP contribution >= 0.6 is 0 Å². The number of aliphatic hydroxyl groups excluding tert-OH is 1. The van der Waals surface area contributed by atoms with Gasteiger partial charge in [-0.3, -0.25) is 0 Å². The van der Waals surface area contributed by atoms with Crippen LogP contribution in [-0.4, -0.2) is 32.5 Å². The minimum Gasteiger partial charge on any atom is -0.493 e. The van der Waals surface area contributed by atoms with E-state index in [1.54, 1.807) is 26.4 Å². The molecule has 1 aromatic rings. The minimum absolute atomic E-state index is 0.104. The molecule has 0 atom stereocenters. The topological polar surface area (TPSA) is 76.7 Å². The zero-order valence-electron chi connectivity index (χ0n) is 11.4. The summed E-state index contributed by atoms with van der Waals surface area (Å²) in [6, 6.07) is 3.51. The van der Waals surface area contributed by atoms with Gasteiger partial charge in [0, 0.05) is 30.7 Å². The van der Waals surface area contributed by atoms with Gasteiger partial charge in [-0.1, -0.05) is 13.8 Å². The molecule has 0 saturated heterocycles. The van der Waals surface area contributed by atoms with Crippen LogP contribution in [0, 0.1) is 5.41 Å². The van der Waals surface area contributed by atoms with E-state index in [9.17, 15) is 5.11 Å². The van der Waals surface area contributed by atoms with Crippen molar-refractivity contribution in [2.24, 2.45) is 5.41 Å². The number of nitrogens with two attached hydrogens (primary N) is 1. The Hall–Kier alpha value is -1.62. The summed E-state index contributed by atoms with van der Waals surface area (Å²) in [6.45, 7) is 4.66. The molecule has 0 heterocycles. The van der Waals surface area contributed by atoms with E-state index >= 15 is 0 Å². The number of aliphatic hydroxyl groups is 1. The summed E-state index contributed by atoms with van der Waals surface area (Å²) in [5.41, 5.74) is 7.08. The van der Waals surface area contributed by atoms with E-state index in [0.717, 1.165) is 5.69 Å². The van der Waals surface area contributed by atoms with Crippen LogP contribution in [0.4, 0.5) is 11.4 Å². The summed E-state index contributed by atoms with van der Waals surface area (Å²) < 4.78 is 10.4. The highest BCUT2D eigenvalue weighted by Crippen LogP contribution is 2.35. The lowest BCUT2D eigenvalue weighted by Gasteiger charge is -2.23. The molecule has 1 aromatic carbocycles. The number of anilines is 2. The Morgan fingerprint density at radius 2 is 1.78 bits per heavy atom. The van der Waals surface area contributed by atoms with E-state index in [1.165, 1.54) is 0 Å². The zero-order chi connectivity index (χ0) is 13.8. The lowest BCUT2D eigenvalue weighted by molar-refractivity contribution is 0.171. The van der Waals surface area contributed by atoms with Gasteiger partial charge in [-0.05, 0) is 0 Å². The van der Waals surface area contributed by atoms with E-state index in [1.807, 2.05) is 13.8 Å². The Morgan fingerprint density at radius 3 is 2.28 bits per heavy atom. The predicted octanol–water partition coefficient (Wildman–Crippen LogP) is 1.72. The molecular formula is C13H22N2O3. The molecule has 0 aliphatic carbocycles. The van der Waals surface area contributed by atoms with E-state index in [2.05, 4.69) is 5.32 Å². The highest BCUT2D eigenvalue weighted by Gasteiger charge is 2.17. The average Bonchev–Trinajstić information content (AvgIpc) is 2.36. The number of benzene rings is 1. The Bertz CT molecular complexity index is 405. The third-order valence-corrected chi connectivity index (χ3v) is 2.74. The van der Waals surface area contributed by atoms with Crippen LogP contribution in [0.3, 0.4) is 0 Å². The number of hydrogen-bond donors (Lipinski definition) is 3. The molecule has 0 amide bonds. The molecule has 0 fully saturated rings. The molecule has 4 N–H and O–H groups in total. The molecule has 0 saturated carbocycles. The molecule has 1 rings (SSSR count). The highest BCUT2D eigenvalue weighted by molar-refractivity contribution is 5.72. The number of ether oxygens (including phenoxy) is 2. The maximum atomic E-state index is 9.21. The molecule has 0 unspecified atom stereocenters. The second-order valence-corrected chi connectivity index (χ2v) is 4.97. The van der Waals surface area contributed by atoms with Crippen molar-refractivity contribution in [2.45, 2.75) is 13.8 Å². The van der Waals surface area contributed by atoms with Gasteiger partial charge in [0.1, 0.15) is 0 Å². The van der Waals surface area contributed by atoms with Gasteiger partial charge in [-0.15, -0.1) is 0 Å². The molecule has 5 heteroatoms. The Morgan fingerprint density at radius 1 is 1.22 bits per heavy atom. The Kier molecular flexibility index (Phi) is 4.67. The molecule has 0 bridgehead atoms. The summed E-state index contributed by atoms with van der Waals surface area (Å²) in [5.74, 6) is 1.22. The largest absolute Gasteiger partial charge is 0.493 e. The van der Waals surface area contributed by atoms with Gasteiger partial charge in [-0.25, -0.2) is 0 Å². The van der Waals surface area contributed by atoms with Crippen molar-refractivity contribution < 1.29 is 14.6 Å². The maximum Gasteiger partial charge on any atom is 0.162 e. The highest BCUT2D eigenvalue weighted by atomic mass is 16.5. The number of rotatable bonds is 6. The molecular weight excluding hydrogens is 232 g/mol. The first-order valence-electron chi connectivity index (χ1n) is 5.80. The van der Waals surface area contributed by atoms with Crippen molar-refractivity contribution in [2.75, 3.05) is 38.4 Å². The lowest BCUT2D eigenvalue weighted by atomic mass is 9.95. The quantitative estimate of drug-likeness (QED) is 0.674. The third-order valence-electron chi connectivity index (χ3n) is 2.74. The molecule has 0 aliphatic heterocycles. The number of hydrogen-bond acceptors (Lipinski definition) is 5. The minimum atomic E-state index is -0.209. The molecule has 0 radical (unpaired) electrons. The first-order valence-corrected chi connectivity index (χ1v) is 5.80. The summed E-state index contributed by atoms with van der Waals surface area (Å²) >= 11 is 0. The van der Waals surface area contributed by atoms with Gasteiger partial charge in [0.25, 0.3) is 0 Å². The average molecular weight is 254 g/mol. The van der Waals surface area contributed by atoms with Crippen molar-refractivity contribution >= 4 is 11.4 Å². The van der Waals surface area contributed by atoms with Crippen LogP contribution < -0.4 is 20.5 Å². The van der Waals surface area contributed by atoms with Crippen LogP contribution in [-0.2, 0) is 0 Å². The molecule has 0 aromatic heterocycles. The van der Waals surface area contributed by atoms with Gasteiger partial charge in [-0.2, -0.15) is 0 Å². The Balaban J connectivity index is 2.89. The molecule has 18 heavy (non-hydrogen) atoms. The SMILES string of the molecule is COc1cc(N)c(NCC(C)(C)CO)cc1OC. The summed E-state index contributed by atoms with van der Waals surface area (Å²) in [7, 11) is 3.15. The fourth-order valence-corrected chi connectivity index (χ4v) is 1.44. The second-order valence-electron chi connectivity index (χ2n) is 4.97. The van der Waals surface area contributed by atoms with Crippen LogP contribution in [0.25, 0.3) is 0 Å². The van der Waals surface area contributed by atoms with Crippen molar-refractivity contribution in [3.05, 3.63) is 12.1 Å². The Labute approximate surface area is 108 Å². The summed E-state index contributed by atoms with van der Waals surface area (Å²) in [4.78, 5) is 0. The van der Waals surface area contributed by atoms with Crippen LogP contribution in [0.1, 0.15) is 13.8 Å². The second kappa shape index (κ2) is 5.82. The first kappa shape index (κ1) is 14.4. The van der Waals surface area contributed by atoms with Crippen molar-refractivity contribution in [1.82, 2.24) is 0 Å². The molecule has 0 spiro atoms. The predicted molar refractivity (Wildman–Crippen MR) is 73.3 cm³/mol. The van der Waals surface area contributed by atoms with Gasteiger partial charge in [0.15, 0.2) is 11.5 Å². The van der Waals surface area contributed by atoms with Crippen molar-refractivity contribution in [3.63, 3.8) is 0 Å². The van der Waals surface area contributed by atoms with Gasteiger partial charge < -0.3 is 25.6 Å². The van der Waals surface area contributed by atoms with Gasteiger partial charge in [0.05, 0.1) is 25.6 Å². The van der Waals surface area contributed by atoms with E-state index in [0.29, 0.717) is 23.7 Å². The third kappa shape index (κ3) is 3.43. The smallest absolute Gasteiger partial charge is 0.162 e.